The standard InChI is InChI=1S/C23H20ClFN2O/c1-14(15-4-2-5-16(10-15)18-8-9-22(24)26-13-18)27-23(28)21-12-20(21)17-6-3-7-19(25)11-17/h2-11,13-14,20-21H,12H2,1H3,(H,27,28)/t14?,20?,21-/m0/s1. The predicted molar refractivity (Wildman–Crippen MR) is 108 cm³/mol. The summed E-state index contributed by atoms with van der Waals surface area (Å²) in [7, 11) is 0. The number of benzene rings is 2. The van der Waals surface area contributed by atoms with Crippen molar-refractivity contribution in [1.29, 1.82) is 0 Å². The molecule has 4 rings (SSSR count). The summed E-state index contributed by atoms with van der Waals surface area (Å²) in [4.78, 5) is 16.7. The first-order valence-electron chi connectivity index (χ1n) is 9.29. The van der Waals surface area contributed by atoms with Gasteiger partial charge in [-0.1, -0.05) is 41.9 Å². The van der Waals surface area contributed by atoms with Crippen molar-refractivity contribution in [1.82, 2.24) is 10.3 Å². The SMILES string of the molecule is CC(NC(=O)[C@H]1CC1c1cccc(F)c1)c1cccc(-c2ccc(Cl)nc2)c1. The summed E-state index contributed by atoms with van der Waals surface area (Å²) in [6, 6.07) is 18.1. The second kappa shape index (κ2) is 7.72. The minimum atomic E-state index is -0.259. The van der Waals surface area contributed by atoms with Crippen molar-refractivity contribution in [3.05, 3.63) is 89.0 Å². The number of rotatable bonds is 5. The van der Waals surface area contributed by atoms with Gasteiger partial charge in [0.05, 0.1) is 6.04 Å². The number of carbonyl (C=O) groups is 1. The Balaban J connectivity index is 1.43. The minimum Gasteiger partial charge on any atom is -0.349 e. The quantitative estimate of drug-likeness (QED) is 0.579. The van der Waals surface area contributed by atoms with Crippen molar-refractivity contribution in [3.63, 3.8) is 0 Å². The normalized spacial score (nSPS) is 19.1. The number of halogens is 2. The van der Waals surface area contributed by atoms with Gasteiger partial charge in [0.2, 0.25) is 5.91 Å². The van der Waals surface area contributed by atoms with Gasteiger partial charge in [0.25, 0.3) is 0 Å². The lowest BCUT2D eigenvalue weighted by molar-refractivity contribution is -0.123. The third-order valence-corrected chi connectivity index (χ3v) is 5.43. The number of nitrogens with one attached hydrogen (secondary N) is 1. The van der Waals surface area contributed by atoms with E-state index in [4.69, 9.17) is 11.6 Å². The van der Waals surface area contributed by atoms with Gasteiger partial charge in [-0.2, -0.15) is 0 Å². The number of nitrogens with zero attached hydrogens (tertiary/aromatic N) is 1. The van der Waals surface area contributed by atoms with Gasteiger partial charge in [-0.3, -0.25) is 4.79 Å². The van der Waals surface area contributed by atoms with Crippen LogP contribution in [0.5, 0.6) is 0 Å². The summed E-state index contributed by atoms with van der Waals surface area (Å²) < 4.78 is 13.4. The van der Waals surface area contributed by atoms with Gasteiger partial charge >= 0.3 is 0 Å². The molecule has 2 unspecified atom stereocenters. The number of hydrogen-bond acceptors (Lipinski definition) is 2. The van der Waals surface area contributed by atoms with E-state index in [9.17, 15) is 9.18 Å². The van der Waals surface area contributed by atoms with Crippen LogP contribution in [0.2, 0.25) is 5.15 Å². The molecule has 1 fully saturated rings. The van der Waals surface area contributed by atoms with Crippen LogP contribution in [-0.2, 0) is 4.79 Å². The average Bonchev–Trinajstić information content (AvgIpc) is 3.50. The highest BCUT2D eigenvalue weighted by molar-refractivity contribution is 6.29. The van der Waals surface area contributed by atoms with Crippen molar-refractivity contribution in [2.45, 2.75) is 25.3 Å². The zero-order valence-electron chi connectivity index (χ0n) is 15.4. The molecule has 3 atom stereocenters. The Morgan fingerprint density at radius 3 is 2.71 bits per heavy atom. The summed E-state index contributed by atoms with van der Waals surface area (Å²) >= 11 is 5.86. The summed E-state index contributed by atoms with van der Waals surface area (Å²) in [6.45, 7) is 1.97. The zero-order chi connectivity index (χ0) is 19.7. The van der Waals surface area contributed by atoms with E-state index in [0.29, 0.717) is 5.15 Å². The first-order chi connectivity index (χ1) is 13.5. The van der Waals surface area contributed by atoms with E-state index in [0.717, 1.165) is 28.7 Å². The highest BCUT2D eigenvalue weighted by atomic mass is 35.5. The molecule has 3 aromatic rings. The van der Waals surface area contributed by atoms with E-state index < -0.39 is 0 Å². The van der Waals surface area contributed by atoms with Crippen LogP contribution in [0.3, 0.4) is 0 Å². The molecule has 1 aliphatic carbocycles. The molecular formula is C23H20ClFN2O. The first kappa shape index (κ1) is 18.6. The zero-order valence-corrected chi connectivity index (χ0v) is 16.2. The number of amides is 1. The van der Waals surface area contributed by atoms with E-state index in [1.807, 2.05) is 43.3 Å². The second-order valence-corrected chi connectivity index (χ2v) is 7.62. The molecule has 0 saturated heterocycles. The third-order valence-electron chi connectivity index (χ3n) is 5.21. The molecule has 2 aromatic carbocycles. The summed E-state index contributed by atoms with van der Waals surface area (Å²) in [5.41, 5.74) is 3.90. The molecule has 0 spiro atoms. The highest BCUT2D eigenvalue weighted by Gasteiger charge is 2.44. The summed E-state index contributed by atoms with van der Waals surface area (Å²) in [5, 5.41) is 3.55. The maximum Gasteiger partial charge on any atom is 0.224 e. The molecule has 28 heavy (non-hydrogen) atoms. The molecule has 1 aromatic heterocycles. The van der Waals surface area contributed by atoms with Gasteiger partial charge < -0.3 is 5.32 Å². The molecule has 3 nitrogen and oxygen atoms in total. The van der Waals surface area contributed by atoms with Crippen LogP contribution in [0, 0.1) is 11.7 Å². The second-order valence-electron chi connectivity index (χ2n) is 7.23. The molecule has 1 heterocycles. The molecule has 1 aliphatic rings. The van der Waals surface area contributed by atoms with Gasteiger partial charge in [0, 0.05) is 17.7 Å². The van der Waals surface area contributed by atoms with Crippen molar-refractivity contribution in [2.75, 3.05) is 0 Å². The van der Waals surface area contributed by atoms with Crippen LogP contribution in [0.4, 0.5) is 4.39 Å². The molecular weight excluding hydrogens is 375 g/mol. The number of hydrogen-bond donors (Lipinski definition) is 1. The lowest BCUT2D eigenvalue weighted by Crippen LogP contribution is -2.28. The topological polar surface area (TPSA) is 42.0 Å². The molecule has 0 radical (unpaired) electrons. The maximum atomic E-state index is 13.4. The smallest absolute Gasteiger partial charge is 0.224 e. The van der Waals surface area contributed by atoms with Gasteiger partial charge in [-0.25, -0.2) is 9.37 Å². The Morgan fingerprint density at radius 1 is 1.14 bits per heavy atom. The predicted octanol–water partition coefficient (Wildman–Crippen LogP) is 5.52. The molecule has 1 amide bonds. The van der Waals surface area contributed by atoms with Crippen molar-refractivity contribution >= 4 is 17.5 Å². The number of aromatic nitrogens is 1. The fraction of sp³-hybridized carbons (Fsp3) is 0.217. The molecule has 1 saturated carbocycles. The third kappa shape index (κ3) is 4.07. The van der Waals surface area contributed by atoms with Gasteiger partial charge in [-0.05, 0) is 66.3 Å². The van der Waals surface area contributed by atoms with Crippen LogP contribution < -0.4 is 5.32 Å². The number of carbonyl (C=O) groups excluding carboxylic acids is 1. The Kier molecular flexibility index (Phi) is 5.14. The van der Waals surface area contributed by atoms with Gasteiger partial charge in [0.15, 0.2) is 0 Å². The Labute approximate surface area is 168 Å². The van der Waals surface area contributed by atoms with E-state index >= 15 is 0 Å². The first-order valence-corrected chi connectivity index (χ1v) is 9.67. The largest absolute Gasteiger partial charge is 0.349 e. The lowest BCUT2D eigenvalue weighted by Gasteiger charge is -2.16. The fourth-order valence-electron chi connectivity index (χ4n) is 3.53. The van der Waals surface area contributed by atoms with Gasteiger partial charge in [0.1, 0.15) is 11.0 Å². The highest BCUT2D eigenvalue weighted by Crippen LogP contribution is 2.47. The van der Waals surface area contributed by atoms with Gasteiger partial charge in [-0.15, -0.1) is 0 Å². The fourth-order valence-corrected chi connectivity index (χ4v) is 3.64. The minimum absolute atomic E-state index is 0.0142. The molecule has 0 aliphatic heterocycles. The van der Waals surface area contributed by atoms with Crippen molar-refractivity contribution < 1.29 is 9.18 Å². The molecule has 0 bridgehead atoms. The van der Waals surface area contributed by atoms with Crippen molar-refractivity contribution in [3.8, 4) is 11.1 Å². The summed E-state index contributed by atoms with van der Waals surface area (Å²) in [6.07, 6.45) is 2.50. The van der Waals surface area contributed by atoms with Crippen LogP contribution >= 0.6 is 11.6 Å². The monoisotopic (exact) mass is 394 g/mol. The molecule has 5 heteroatoms. The number of pyridine rings is 1. The van der Waals surface area contributed by atoms with Crippen LogP contribution in [-0.4, -0.2) is 10.9 Å². The van der Waals surface area contributed by atoms with E-state index in [2.05, 4.69) is 10.3 Å². The average molecular weight is 395 g/mol. The summed E-state index contributed by atoms with van der Waals surface area (Å²) in [5.74, 6) is -0.229. The molecule has 142 valence electrons. The Bertz CT molecular complexity index is 1010. The van der Waals surface area contributed by atoms with Crippen LogP contribution in [0.15, 0.2) is 66.9 Å². The van der Waals surface area contributed by atoms with Crippen molar-refractivity contribution in [2.24, 2.45) is 5.92 Å². The van der Waals surface area contributed by atoms with E-state index in [1.54, 1.807) is 18.3 Å². The van der Waals surface area contributed by atoms with Crippen LogP contribution in [0.25, 0.3) is 11.1 Å². The molecule has 1 N–H and O–H groups in total. The Hall–Kier alpha value is -2.72. The maximum absolute atomic E-state index is 13.4. The van der Waals surface area contributed by atoms with E-state index in [-0.39, 0.29) is 29.6 Å². The lowest BCUT2D eigenvalue weighted by atomic mass is 10.0. The Morgan fingerprint density at radius 2 is 1.96 bits per heavy atom. The van der Waals surface area contributed by atoms with E-state index in [1.165, 1.54) is 12.1 Å². The van der Waals surface area contributed by atoms with Crippen LogP contribution in [0.1, 0.15) is 36.4 Å².